The highest BCUT2D eigenvalue weighted by molar-refractivity contribution is 6.12. The van der Waals surface area contributed by atoms with Crippen molar-refractivity contribution in [2.24, 2.45) is 0 Å². The Morgan fingerprint density at radius 1 is 1.17 bits per heavy atom. The van der Waals surface area contributed by atoms with Crippen LogP contribution in [0.2, 0.25) is 0 Å². The minimum absolute atomic E-state index is 0.0299. The molecule has 1 aromatic carbocycles. The summed E-state index contributed by atoms with van der Waals surface area (Å²) in [6, 6.07) is 4.53. The number of hydrogen-bond acceptors (Lipinski definition) is 5. The third-order valence-corrected chi connectivity index (χ3v) is 3.45. The van der Waals surface area contributed by atoms with Crippen LogP contribution in [0.3, 0.4) is 0 Å². The van der Waals surface area contributed by atoms with Crippen molar-refractivity contribution in [3.63, 3.8) is 0 Å². The summed E-state index contributed by atoms with van der Waals surface area (Å²) in [5.74, 6) is -0.242. The van der Waals surface area contributed by atoms with Gasteiger partial charge in [-0.2, -0.15) is 0 Å². The molecule has 2 rings (SSSR count). The topological polar surface area (TPSA) is 76.0 Å². The maximum atomic E-state index is 12.6. The fourth-order valence-electron chi connectivity index (χ4n) is 2.52. The number of phenols is 1. The van der Waals surface area contributed by atoms with Crippen LogP contribution in [-0.4, -0.2) is 34.3 Å². The lowest BCUT2D eigenvalue weighted by Gasteiger charge is -2.21. The number of hydrogen-bond donors (Lipinski definition) is 2. The number of rotatable bonds is 6. The van der Waals surface area contributed by atoms with Crippen LogP contribution in [0.5, 0.6) is 11.5 Å². The average molecular weight is 332 g/mol. The molecule has 5 heteroatoms. The third-order valence-electron chi connectivity index (χ3n) is 3.45. The van der Waals surface area contributed by atoms with Gasteiger partial charge < -0.3 is 19.7 Å². The minimum atomic E-state index is -0.430. The Kier molecular flexibility index (Phi) is 5.67. The molecule has 0 fully saturated rings. The number of ketones is 1. The Hall–Kier alpha value is -2.27. The summed E-state index contributed by atoms with van der Waals surface area (Å²) < 4.78 is 11.1. The number of aromatic hydroxyl groups is 1. The van der Waals surface area contributed by atoms with E-state index in [4.69, 9.17) is 9.47 Å². The molecule has 1 aromatic rings. The molecular formula is C19H24O5. The first-order valence-corrected chi connectivity index (χ1v) is 8.09. The quantitative estimate of drug-likeness (QED) is 0.772. The zero-order valence-electron chi connectivity index (χ0n) is 14.4. The molecule has 0 saturated carbocycles. The van der Waals surface area contributed by atoms with Gasteiger partial charge in [0.15, 0.2) is 5.78 Å². The number of carbonyl (C=O) groups is 1. The van der Waals surface area contributed by atoms with Gasteiger partial charge in [-0.1, -0.05) is 6.08 Å². The minimum Gasteiger partial charge on any atom is -0.507 e. The summed E-state index contributed by atoms with van der Waals surface area (Å²) in [6.45, 7) is 7.57. The first kappa shape index (κ1) is 18.1. The highest BCUT2D eigenvalue weighted by atomic mass is 16.5. The number of aliphatic hydroxyl groups excluding tert-OH is 1. The summed E-state index contributed by atoms with van der Waals surface area (Å²) in [4.78, 5) is 12.6. The van der Waals surface area contributed by atoms with E-state index in [-0.39, 0.29) is 41.0 Å². The molecule has 2 N–H and O–H groups in total. The van der Waals surface area contributed by atoms with Crippen LogP contribution >= 0.6 is 0 Å². The maximum absolute atomic E-state index is 12.6. The molecule has 0 spiro atoms. The molecule has 1 aliphatic rings. The second-order valence-electron chi connectivity index (χ2n) is 6.30. The standard InChI is InChI=1S/C19H24O5/c1-11(2)23-13-5-7-15(17(20)9-13)19(22)16-8-6-14(10-18(16)21)24-12(3)4/h5,7-12,14,20-21H,6H2,1-4H3. The summed E-state index contributed by atoms with van der Waals surface area (Å²) >= 11 is 0. The van der Waals surface area contributed by atoms with Crippen molar-refractivity contribution in [3.8, 4) is 11.5 Å². The molecule has 130 valence electrons. The summed E-state index contributed by atoms with van der Waals surface area (Å²) in [5, 5.41) is 20.2. The van der Waals surface area contributed by atoms with Crippen LogP contribution in [0.4, 0.5) is 0 Å². The number of aliphatic hydroxyl groups is 1. The maximum Gasteiger partial charge on any atom is 0.200 e. The van der Waals surface area contributed by atoms with Gasteiger partial charge in [-0.3, -0.25) is 4.79 Å². The van der Waals surface area contributed by atoms with E-state index in [0.717, 1.165) is 0 Å². The number of Topliss-reactive ketones (excluding diaryl/α,β-unsaturated/α-hetero) is 1. The van der Waals surface area contributed by atoms with Gasteiger partial charge in [0, 0.05) is 6.07 Å². The van der Waals surface area contributed by atoms with Crippen molar-refractivity contribution in [1.29, 1.82) is 0 Å². The second-order valence-corrected chi connectivity index (χ2v) is 6.30. The Labute approximate surface area is 142 Å². The average Bonchev–Trinajstić information content (AvgIpc) is 2.45. The fourth-order valence-corrected chi connectivity index (χ4v) is 2.52. The Bertz CT molecular complexity index is 670. The van der Waals surface area contributed by atoms with Crippen molar-refractivity contribution < 1.29 is 24.5 Å². The highest BCUT2D eigenvalue weighted by Crippen LogP contribution is 2.29. The van der Waals surface area contributed by atoms with Gasteiger partial charge in [0.2, 0.25) is 0 Å². The van der Waals surface area contributed by atoms with Gasteiger partial charge >= 0.3 is 0 Å². The number of benzene rings is 1. The zero-order chi connectivity index (χ0) is 17.9. The lowest BCUT2D eigenvalue weighted by molar-refractivity contribution is 0.0346. The molecule has 0 amide bonds. The Balaban J connectivity index is 2.18. The number of allylic oxidation sites excluding steroid dienone is 1. The molecule has 0 aromatic heterocycles. The van der Waals surface area contributed by atoms with E-state index in [0.29, 0.717) is 12.2 Å². The molecule has 0 radical (unpaired) electrons. The Morgan fingerprint density at radius 3 is 2.42 bits per heavy atom. The lowest BCUT2D eigenvalue weighted by Crippen LogP contribution is -2.20. The molecule has 5 nitrogen and oxygen atoms in total. The summed E-state index contributed by atoms with van der Waals surface area (Å²) in [7, 11) is 0. The molecule has 0 bridgehead atoms. The van der Waals surface area contributed by atoms with Crippen LogP contribution in [0.25, 0.3) is 0 Å². The molecule has 24 heavy (non-hydrogen) atoms. The van der Waals surface area contributed by atoms with Crippen LogP contribution < -0.4 is 4.74 Å². The molecule has 1 unspecified atom stereocenters. The largest absolute Gasteiger partial charge is 0.507 e. The third kappa shape index (κ3) is 4.38. The van der Waals surface area contributed by atoms with Crippen molar-refractivity contribution in [2.45, 2.75) is 52.4 Å². The van der Waals surface area contributed by atoms with Crippen LogP contribution in [0.15, 0.2) is 41.7 Å². The van der Waals surface area contributed by atoms with E-state index in [1.54, 1.807) is 12.1 Å². The van der Waals surface area contributed by atoms with E-state index in [9.17, 15) is 15.0 Å². The molecule has 0 saturated heterocycles. The van der Waals surface area contributed by atoms with Gasteiger partial charge in [-0.15, -0.1) is 0 Å². The molecule has 1 atom stereocenters. The SMILES string of the molecule is CC(C)Oc1ccc(C(=O)C2=CCC(OC(C)C)C=C2O)c(O)c1. The van der Waals surface area contributed by atoms with E-state index >= 15 is 0 Å². The van der Waals surface area contributed by atoms with Gasteiger partial charge in [-0.25, -0.2) is 0 Å². The predicted molar refractivity (Wildman–Crippen MR) is 91.6 cm³/mol. The molecule has 0 heterocycles. The smallest absolute Gasteiger partial charge is 0.200 e. The van der Waals surface area contributed by atoms with Crippen LogP contribution in [0, 0.1) is 0 Å². The first-order valence-electron chi connectivity index (χ1n) is 8.09. The monoisotopic (exact) mass is 332 g/mol. The van der Waals surface area contributed by atoms with E-state index < -0.39 is 5.78 Å². The van der Waals surface area contributed by atoms with Crippen LogP contribution in [0.1, 0.15) is 44.5 Å². The van der Waals surface area contributed by atoms with Crippen molar-refractivity contribution in [3.05, 3.63) is 47.2 Å². The predicted octanol–water partition coefficient (Wildman–Crippen LogP) is 3.93. The van der Waals surface area contributed by atoms with Crippen molar-refractivity contribution in [2.75, 3.05) is 0 Å². The molecule has 0 aliphatic heterocycles. The lowest BCUT2D eigenvalue weighted by atomic mass is 9.95. The van der Waals surface area contributed by atoms with Crippen LogP contribution in [-0.2, 0) is 4.74 Å². The van der Waals surface area contributed by atoms with Gasteiger partial charge in [-0.05, 0) is 52.3 Å². The van der Waals surface area contributed by atoms with Crippen molar-refractivity contribution >= 4 is 5.78 Å². The summed E-state index contributed by atoms with van der Waals surface area (Å²) in [6.07, 6.45) is 3.41. The normalized spacial score (nSPS) is 17.7. The molecule has 1 aliphatic carbocycles. The van der Waals surface area contributed by atoms with E-state index in [2.05, 4.69) is 0 Å². The zero-order valence-corrected chi connectivity index (χ0v) is 14.4. The van der Waals surface area contributed by atoms with Gasteiger partial charge in [0.05, 0.1) is 29.4 Å². The second kappa shape index (κ2) is 7.53. The number of phenolic OH excluding ortho intramolecular Hbond substituents is 1. The number of ether oxygens (including phenoxy) is 2. The Morgan fingerprint density at radius 2 is 1.88 bits per heavy atom. The number of carbonyl (C=O) groups excluding carboxylic acids is 1. The fraction of sp³-hybridized carbons (Fsp3) is 0.421. The first-order chi connectivity index (χ1) is 11.3. The van der Waals surface area contributed by atoms with Gasteiger partial charge in [0.25, 0.3) is 0 Å². The van der Waals surface area contributed by atoms with E-state index in [1.165, 1.54) is 18.2 Å². The molecular weight excluding hydrogens is 308 g/mol. The van der Waals surface area contributed by atoms with E-state index in [1.807, 2.05) is 27.7 Å². The van der Waals surface area contributed by atoms with Crippen molar-refractivity contribution in [1.82, 2.24) is 0 Å². The van der Waals surface area contributed by atoms with Gasteiger partial charge in [0.1, 0.15) is 17.3 Å². The highest BCUT2D eigenvalue weighted by Gasteiger charge is 2.24. The summed E-state index contributed by atoms with van der Waals surface area (Å²) in [5.41, 5.74) is 0.298.